The molecule has 0 radical (unpaired) electrons. The lowest BCUT2D eigenvalue weighted by molar-refractivity contribution is -0.140. The average Bonchev–Trinajstić information content (AvgIpc) is 3.49. The number of thiophene rings is 1. The van der Waals surface area contributed by atoms with E-state index in [-0.39, 0.29) is 24.3 Å². The molecular weight excluding hydrogens is 524 g/mol. The van der Waals surface area contributed by atoms with Crippen molar-refractivity contribution in [3.8, 4) is 17.2 Å². The second-order valence-corrected chi connectivity index (χ2v) is 11.1. The van der Waals surface area contributed by atoms with Crippen molar-refractivity contribution in [2.24, 2.45) is 0 Å². The second-order valence-electron chi connectivity index (χ2n) is 10.0. The number of hydrogen-bond acceptors (Lipinski definition) is 6. The average molecular weight is 565 g/mol. The molecule has 1 aromatic heterocycles. The Morgan fingerprint density at radius 3 is 2.40 bits per heavy atom. The van der Waals surface area contributed by atoms with E-state index in [2.05, 4.69) is 5.32 Å². The minimum Gasteiger partial charge on any atom is -0.494 e. The maximum absolute atomic E-state index is 14.0. The van der Waals surface area contributed by atoms with Gasteiger partial charge in [0.25, 0.3) is 0 Å². The summed E-state index contributed by atoms with van der Waals surface area (Å²) in [7, 11) is 3.21. The fourth-order valence-corrected chi connectivity index (χ4v) is 5.96. The minimum atomic E-state index is -0.759. The molecule has 2 amide bonds. The number of nitrogens with one attached hydrogen (secondary N) is 1. The van der Waals surface area contributed by atoms with E-state index < -0.39 is 6.04 Å². The third-order valence-corrected chi connectivity index (χ3v) is 8.21. The first-order valence-electron chi connectivity index (χ1n) is 14.1. The van der Waals surface area contributed by atoms with E-state index in [4.69, 9.17) is 14.2 Å². The predicted molar refractivity (Wildman–Crippen MR) is 158 cm³/mol. The lowest BCUT2D eigenvalue weighted by Gasteiger charge is -2.33. The molecule has 1 saturated carbocycles. The van der Waals surface area contributed by atoms with Gasteiger partial charge in [-0.05, 0) is 73.0 Å². The van der Waals surface area contributed by atoms with Crippen LogP contribution in [0.5, 0.6) is 17.2 Å². The Morgan fingerprint density at radius 1 is 1.00 bits per heavy atom. The molecule has 1 N–H and O–H groups in total. The molecule has 4 rings (SSSR count). The summed E-state index contributed by atoms with van der Waals surface area (Å²) in [4.78, 5) is 30.6. The third kappa shape index (κ3) is 7.78. The van der Waals surface area contributed by atoms with Crippen LogP contribution >= 0.6 is 11.3 Å². The molecule has 214 valence electrons. The summed E-state index contributed by atoms with van der Waals surface area (Å²) in [6, 6.07) is 16.6. The van der Waals surface area contributed by atoms with Crippen molar-refractivity contribution in [2.45, 2.75) is 64.0 Å². The van der Waals surface area contributed by atoms with Gasteiger partial charge in [-0.3, -0.25) is 9.59 Å². The fourth-order valence-electron chi connectivity index (χ4n) is 5.26. The number of nitrogens with zero attached hydrogens (tertiary/aromatic N) is 1. The van der Waals surface area contributed by atoms with Gasteiger partial charge in [-0.1, -0.05) is 43.5 Å². The van der Waals surface area contributed by atoms with Gasteiger partial charge in [0.15, 0.2) is 11.5 Å². The van der Waals surface area contributed by atoms with E-state index in [9.17, 15) is 9.59 Å². The van der Waals surface area contributed by atoms with Crippen LogP contribution in [0.4, 0.5) is 0 Å². The molecule has 1 unspecified atom stereocenters. The highest BCUT2D eigenvalue weighted by atomic mass is 32.1. The largest absolute Gasteiger partial charge is 0.494 e. The molecule has 40 heavy (non-hydrogen) atoms. The van der Waals surface area contributed by atoms with Crippen LogP contribution in [-0.2, 0) is 22.4 Å². The number of amides is 2. The number of hydrogen-bond donors (Lipinski definition) is 1. The molecule has 1 fully saturated rings. The van der Waals surface area contributed by atoms with Gasteiger partial charge in [-0.25, -0.2) is 0 Å². The van der Waals surface area contributed by atoms with E-state index in [1.807, 2.05) is 66.9 Å². The molecule has 0 aliphatic heterocycles. The maximum atomic E-state index is 14.0. The van der Waals surface area contributed by atoms with Crippen molar-refractivity contribution in [3.05, 3.63) is 76.0 Å². The van der Waals surface area contributed by atoms with Gasteiger partial charge in [0.2, 0.25) is 11.8 Å². The topological polar surface area (TPSA) is 77.1 Å². The monoisotopic (exact) mass is 564 g/mol. The van der Waals surface area contributed by atoms with Gasteiger partial charge in [-0.2, -0.15) is 0 Å². The van der Waals surface area contributed by atoms with Crippen molar-refractivity contribution in [1.29, 1.82) is 0 Å². The number of carbonyl (C=O) groups is 2. The highest BCUT2D eigenvalue weighted by Crippen LogP contribution is 2.30. The zero-order valence-corrected chi connectivity index (χ0v) is 24.5. The highest BCUT2D eigenvalue weighted by molar-refractivity contribution is 7.10. The molecule has 7 nitrogen and oxygen atoms in total. The molecule has 0 bridgehead atoms. The number of rotatable bonds is 13. The van der Waals surface area contributed by atoms with Crippen LogP contribution < -0.4 is 19.5 Å². The maximum Gasteiger partial charge on any atom is 0.247 e. The van der Waals surface area contributed by atoms with Gasteiger partial charge in [0.1, 0.15) is 11.8 Å². The van der Waals surface area contributed by atoms with Crippen LogP contribution in [0.3, 0.4) is 0 Å². The Kier molecular flexibility index (Phi) is 10.9. The van der Waals surface area contributed by atoms with Crippen LogP contribution in [0, 0.1) is 0 Å². The van der Waals surface area contributed by atoms with E-state index in [1.165, 1.54) is 6.42 Å². The third-order valence-electron chi connectivity index (χ3n) is 7.33. The Balaban J connectivity index is 1.66. The normalized spacial score (nSPS) is 14.3. The smallest absolute Gasteiger partial charge is 0.247 e. The first-order valence-corrected chi connectivity index (χ1v) is 15.0. The minimum absolute atomic E-state index is 0.0828. The highest BCUT2D eigenvalue weighted by Gasteiger charge is 2.33. The summed E-state index contributed by atoms with van der Waals surface area (Å²) < 4.78 is 16.5. The number of methoxy groups -OCH3 is 2. The van der Waals surface area contributed by atoms with Gasteiger partial charge in [0, 0.05) is 17.5 Å². The second kappa shape index (κ2) is 14.7. The Bertz CT molecular complexity index is 1220. The Labute approximate surface area is 241 Å². The van der Waals surface area contributed by atoms with Gasteiger partial charge in [0.05, 0.1) is 27.2 Å². The van der Waals surface area contributed by atoms with Crippen molar-refractivity contribution >= 4 is 23.2 Å². The summed E-state index contributed by atoms with van der Waals surface area (Å²) in [6.45, 7) is 2.87. The number of benzene rings is 2. The standard InChI is InChI=1S/C32H40N2O5S/c1-4-39-26-15-13-24(14-16-26)31(32(36)33-25-9-6-5-7-10-25)34(30(35)22-27-11-8-20-40-27)19-18-23-12-17-28(37-2)29(21-23)38-3/h8,11-17,20-21,25,31H,4-7,9-10,18-19,22H2,1-3H3,(H,33,36). The molecule has 1 aliphatic rings. The Morgan fingerprint density at radius 2 is 1.75 bits per heavy atom. The molecule has 2 aromatic carbocycles. The summed E-state index contributed by atoms with van der Waals surface area (Å²) in [5.74, 6) is 1.80. The number of carbonyl (C=O) groups excluding carboxylic acids is 2. The summed E-state index contributed by atoms with van der Waals surface area (Å²) in [5.41, 5.74) is 1.76. The molecule has 1 aliphatic carbocycles. The lowest BCUT2D eigenvalue weighted by atomic mass is 9.94. The molecule has 0 saturated heterocycles. The van der Waals surface area contributed by atoms with Crippen LogP contribution in [0.15, 0.2) is 60.0 Å². The first-order chi connectivity index (χ1) is 19.5. The lowest BCUT2D eigenvalue weighted by Crippen LogP contribution is -2.48. The van der Waals surface area contributed by atoms with Crippen molar-refractivity contribution in [3.63, 3.8) is 0 Å². The molecule has 8 heteroatoms. The van der Waals surface area contributed by atoms with E-state index in [0.29, 0.717) is 31.1 Å². The van der Waals surface area contributed by atoms with Crippen molar-refractivity contribution < 1.29 is 23.8 Å². The van der Waals surface area contributed by atoms with Gasteiger partial charge < -0.3 is 24.4 Å². The zero-order valence-electron chi connectivity index (χ0n) is 23.7. The molecular formula is C32H40N2O5S. The predicted octanol–water partition coefficient (Wildman–Crippen LogP) is 5.97. The van der Waals surface area contributed by atoms with Crippen LogP contribution in [0.2, 0.25) is 0 Å². The first kappa shape index (κ1) is 29.5. The fraction of sp³-hybridized carbons (Fsp3) is 0.438. The van der Waals surface area contributed by atoms with E-state index in [1.54, 1.807) is 30.5 Å². The van der Waals surface area contributed by atoms with E-state index in [0.717, 1.165) is 47.4 Å². The van der Waals surface area contributed by atoms with E-state index >= 15 is 0 Å². The van der Waals surface area contributed by atoms with Crippen LogP contribution in [0.25, 0.3) is 0 Å². The van der Waals surface area contributed by atoms with Crippen molar-refractivity contribution in [2.75, 3.05) is 27.4 Å². The molecule has 1 atom stereocenters. The van der Waals surface area contributed by atoms with Gasteiger partial charge in [-0.15, -0.1) is 11.3 Å². The quantitative estimate of drug-likeness (QED) is 0.277. The van der Waals surface area contributed by atoms with Gasteiger partial charge >= 0.3 is 0 Å². The van der Waals surface area contributed by atoms with Crippen molar-refractivity contribution in [1.82, 2.24) is 10.2 Å². The van der Waals surface area contributed by atoms with Crippen LogP contribution in [0.1, 0.15) is 61.1 Å². The molecule has 1 heterocycles. The SMILES string of the molecule is CCOc1ccc(C(C(=O)NC2CCCCC2)N(CCc2ccc(OC)c(OC)c2)C(=O)Cc2cccs2)cc1. The molecule has 3 aromatic rings. The summed E-state index contributed by atoms with van der Waals surface area (Å²) >= 11 is 1.55. The summed E-state index contributed by atoms with van der Waals surface area (Å²) in [6.07, 6.45) is 6.16. The van der Waals surface area contributed by atoms with Crippen LogP contribution in [-0.4, -0.2) is 50.1 Å². The molecule has 0 spiro atoms. The summed E-state index contributed by atoms with van der Waals surface area (Å²) in [5, 5.41) is 5.25. The zero-order chi connectivity index (χ0) is 28.3. The number of ether oxygens (including phenoxy) is 3. The Hall–Kier alpha value is -3.52.